The summed E-state index contributed by atoms with van der Waals surface area (Å²) in [5.74, 6) is 0. The van der Waals surface area contributed by atoms with Crippen LogP contribution in [0.3, 0.4) is 0 Å². The summed E-state index contributed by atoms with van der Waals surface area (Å²) in [4.78, 5) is 0. The molecule has 0 saturated heterocycles. The third-order valence-corrected chi connectivity index (χ3v) is 3.56. The molecule has 0 aromatic heterocycles. The van der Waals surface area contributed by atoms with Gasteiger partial charge in [0.1, 0.15) is 0 Å². The predicted molar refractivity (Wildman–Crippen MR) is 55.2 cm³/mol. The van der Waals surface area contributed by atoms with Crippen LogP contribution in [-0.2, 0) is 3.74 Å². The van der Waals surface area contributed by atoms with Crippen molar-refractivity contribution in [3.05, 3.63) is 24.3 Å². The molecule has 0 aliphatic rings. The van der Waals surface area contributed by atoms with Crippen LogP contribution >= 0.6 is 0 Å². The van der Waals surface area contributed by atoms with Gasteiger partial charge in [0.2, 0.25) is 0 Å². The molecule has 0 aliphatic heterocycles. The third kappa shape index (κ3) is 3.87. The molecule has 6 nitrogen and oxygen atoms in total. The fourth-order valence-electron chi connectivity index (χ4n) is 0.855. The number of benzene rings is 1. The van der Waals surface area contributed by atoms with Crippen LogP contribution in [0.4, 0.5) is 5.69 Å². The summed E-state index contributed by atoms with van der Waals surface area (Å²) >= 11 is -4.76. The Morgan fingerprint density at radius 2 is 1.73 bits per heavy atom. The van der Waals surface area contributed by atoms with Gasteiger partial charge in [-0.1, -0.05) is 0 Å². The summed E-state index contributed by atoms with van der Waals surface area (Å²) in [6.45, 7) is 0. The molecule has 0 saturated carbocycles. The van der Waals surface area contributed by atoms with E-state index in [0.29, 0.717) is 5.69 Å². The number of nitrogens with zero attached hydrogens (tertiary/aromatic N) is 3. The van der Waals surface area contributed by atoms with E-state index in [1.807, 2.05) is 0 Å². The van der Waals surface area contributed by atoms with E-state index in [-0.39, 0.29) is 4.35 Å². The molecule has 0 amide bonds. The molecule has 7 heteroatoms. The van der Waals surface area contributed by atoms with Crippen LogP contribution in [0.5, 0.6) is 0 Å². The van der Waals surface area contributed by atoms with E-state index in [9.17, 15) is 3.74 Å². The van der Waals surface area contributed by atoms with Gasteiger partial charge in [-0.05, 0) is 0 Å². The monoisotopic (exact) mass is 273 g/mol. The van der Waals surface area contributed by atoms with Gasteiger partial charge in [0.05, 0.1) is 0 Å². The molecule has 0 heterocycles. The average Bonchev–Trinajstić information content (AvgIpc) is 2.14. The standard InChI is InChI=1S/C8H12AsN3O3/c1-12(2)11-10-8-5-3-7(4-6-8)9(13,14)15/h3-6H,1-2H3,(H2,13,14,15). The molecule has 0 bridgehead atoms. The Hall–Kier alpha value is -1.10. The van der Waals surface area contributed by atoms with Gasteiger partial charge in [-0.15, -0.1) is 0 Å². The summed E-state index contributed by atoms with van der Waals surface area (Å²) < 4.78 is 28.8. The molecular weight excluding hydrogens is 261 g/mol. The number of hydrogen-bond acceptors (Lipinski definition) is 3. The maximum atomic E-state index is 10.9. The van der Waals surface area contributed by atoms with Crippen molar-refractivity contribution in [1.82, 2.24) is 5.01 Å². The zero-order valence-corrected chi connectivity index (χ0v) is 10.3. The Morgan fingerprint density at radius 1 is 1.20 bits per heavy atom. The van der Waals surface area contributed by atoms with Crippen LogP contribution in [-0.4, -0.2) is 41.5 Å². The Labute approximate surface area is 90.2 Å². The summed E-state index contributed by atoms with van der Waals surface area (Å²) in [6, 6.07) is 5.76. The van der Waals surface area contributed by atoms with E-state index >= 15 is 0 Å². The van der Waals surface area contributed by atoms with Crippen molar-refractivity contribution in [2.75, 3.05) is 14.1 Å². The van der Waals surface area contributed by atoms with E-state index < -0.39 is 14.2 Å². The molecule has 0 fully saturated rings. The van der Waals surface area contributed by atoms with Crippen molar-refractivity contribution in [1.29, 1.82) is 0 Å². The fourth-order valence-corrected chi connectivity index (χ4v) is 1.98. The number of hydrogen-bond donors (Lipinski definition) is 2. The van der Waals surface area contributed by atoms with Crippen molar-refractivity contribution < 1.29 is 11.9 Å². The van der Waals surface area contributed by atoms with Crippen LogP contribution in [0.2, 0.25) is 0 Å². The van der Waals surface area contributed by atoms with Gasteiger partial charge in [-0.2, -0.15) is 0 Å². The molecule has 0 unspecified atom stereocenters. The Balaban J connectivity index is 2.86. The van der Waals surface area contributed by atoms with E-state index in [0.717, 1.165) is 0 Å². The first-order valence-corrected chi connectivity index (χ1v) is 7.53. The zero-order chi connectivity index (χ0) is 11.5. The second-order valence-electron chi connectivity index (χ2n) is 3.10. The first-order valence-electron chi connectivity index (χ1n) is 4.15. The first-order chi connectivity index (χ1) is 6.89. The van der Waals surface area contributed by atoms with Crippen LogP contribution in [0.15, 0.2) is 34.6 Å². The topological polar surface area (TPSA) is 85.5 Å². The van der Waals surface area contributed by atoms with E-state index in [4.69, 9.17) is 8.19 Å². The summed E-state index contributed by atoms with van der Waals surface area (Å²) in [7, 11) is 3.47. The Morgan fingerprint density at radius 3 is 2.13 bits per heavy atom. The molecule has 0 atom stereocenters. The van der Waals surface area contributed by atoms with Crippen LogP contribution in [0, 0.1) is 0 Å². The quantitative estimate of drug-likeness (QED) is 0.454. The summed E-state index contributed by atoms with van der Waals surface area (Å²) in [5, 5.41) is 9.12. The van der Waals surface area contributed by atoms with Gasteiger partial charge in [0.15, 0.2) is 0 Å². The van der Waals surface area contributed by atoms with Crippen molar-refractivity contribution in [3.8, 4) is 0 Å². The molecular formula is C8H12AsN3O3. The summed E-state index contributed by atoms with van der Waals surface area (Å²) in [5.41, 5.74) is 0.552. The maximum absolute atomic E-state index is 10.9. The zero-order valence-electron chi connectivity index (χ0n) is 8.40. The van der Waals surface area contributed by atoms with E-state index in [2.05, 4.69) is 10.3 Å². The normalized spacial score (nSPS) is 12.0. The second kappa shape index (κ2) is 4.61. The van der Waals surface area contributed by atoms with Crippen LogP contribution in [0.25, 0.3) is 0 Å². The van der Waals surface area contributed by atoms with E-state index in [1.54, 1.807) is 14.1 Å². The number of rotatable bonds is 3. The minimum absolute atomic E-state index is 0.0388. The molecule has 1 rings (SSSR count). The first kappa shape index (κ1) is 12.0. The molecule has 0 aliphatic carbocycles. The van der Waals surface area contributed by atoms with Gasteiger partial charge in [-0.25, -0.2) is 0 Å². The van der Waals surface area contributed by atoms with Crippen molar-refractivity contribution in [2.45, 2.75) is 0 Å². The molecule has 15 heavy (non-hydrogen) atoms. The molecule has 0 radical (unpaired) electrons. The molecule has 1 aromatic rings. The van der Waals surface area contributed by atoms with Gasteiger partial charge in [0.25, 0.3) is 0 Å². The second-order valence-corrected chi connectivity index (χ2v) is 6.46. The minimum atomic E-state index is -4.76. The molecule has 2 N–H and O–H groups in total. The Kier molecular flexibility index (Phi) is 3.68. The average molecular weight is 273 g/mol. The third-order valence-electron chi connectivity index (χ3n) is 1.53. The van der Waals surface area contributed by atoms with Gasteiger partial charge < -0.3 is 0 Å². The predicted octanol–water partition coefficient (Wildman–Crippen LogP) is -0.192. The molecule has 0 spiro atoms. The Bertz CT molecular complexity index is 396. The van der Waals surface area contributed by atoms with E-state index in [1.165, 1.54) is 29.3 Å². The van der Waals surface area contributed by atoms with Gasteiger partial charge in [0, 0.05) is 0 Å². The fraction of sp³-hybridized carbons (Fsp3) is 0.250. The van der Waals surface area contributed by atoms with Crippen molar-refractivity contribution in [3.63, 3.8) is 0 Å². The van der Waals surface area contributed by atoms with Crippen LogP contribution < -0.4 is 4.35 Å². The van der Waals surface area contributed by atoms with Gasteiger partial charge >= 0.3 is 89.8 Å². The van der Waals surface area contributed by atoms with Crippen LogP contribution in [0.1, 0.15) is 0 Å². The molecule has 82 valence electrons. The molecule has 1 aromatic carbocycles. The van der Waals surface area contributed by atoms with Crippen molar-refractivity contribution >= 4 is 24.2 Å². The van der Waals surface area contributed by atoms with Gasteiger partial charge in [-0.3, -0.25) is 0 Å². The van der Waals surface area contributed by atoms with Crippen molar-refractivity contribution in [2.24, 2.45) is 10.3 Å². The SMILES string of the molecule is CN(C)N=Nc1ccc([As](=O)(O)O)cc1. The summed E-state index contributed by atoms with van der Waals surface area (Å²) in [6.07, 6.45) is 0.